The predicted molar refractivity (Wildman–Crippen MR) is 145 cm³/mol. The average molecular weight is 525 g/mol. The number of anilines is 2. The number of halogens is 1. The van der Waals surface area contributed by atoms with E-state index < -0.39 is 11.6 Å². The van der Waals surface area contributed by atoms with Crippen LogP contribution in [0.2, 0.25) is 0 Å². The third kappa shape index (κ3) is 7.99. The van der Waals surface area contributed by atoms with Gasteiger partial charge in [0.25, 0.3) is 0 Å². The molecule has 0 saturated heterocycles. The van der Waals surface area contributed by atoms with Crippen molar-refractivity contribution < 1.29 is 12.8 Å². The summed E-state index contributed by atoms with van der Waals surface area (Å²) in [5, 5.41) is 6.76. The quantitative estimate of drug-likeness (QED) is 0.410. The monoisotopic (exact) mass is 524 g/mol. The second kappa shape index (κ2) is 13.7. The highest BCUT2D eigenvalue weighted by molar-refractivity contribution is 7.51. The fraction of sp³-hybridized carbons (Fsp3) is 0.370. The molecule has 8 nitrogen and oxygen atoms in total. The summed E-state index contributed by atoms with van der Waals surface area (Å²) in [6.45, 7) is 5.76. The van der Waals surface area contributed by atoms with E-state index in [-0.39, 0.29) is 17.3 Å². The molecule has 4 N–H and O–H groups in total. The molecule has 0 amide bonds. The van der Waals surface area contributed by atoms with E-state index in [0.717, 1.165) is 30.9 Å². The topological polar surface area (TPSA) is 122 Å². The van der Waals surface area contributed by atoms with Crippen LogP contribution in [0.25, 0.3) is 0 Å². The van der Waals surface area contributed by atoms with E-state index in [1.165, 1.54) is 11.6 Å². The highest BCUT2D eigenvalue weighted by Crippen LogP contribution is 2.43. The Morgan fingerprint density at radius 2 is 1.76 bits per heavy atom. The zero-order valence-corrected chi connectivity index (χ0v) is 21.9. The molecule has 0 aliphatic carbocycles. The standard InChI is InChI=1S/C27H33FN6.O2S/c1-27(2)18-25(34-24(12-14-29)21-6-3-4-7-23(21)28)30-17-13-22(27)19-8-10-20(11-9-19)33-26-31-15-5-16-32-26;1-3-2/h3-11,15-16,22,24H,12-14,17-18,29H2,1-2H3,(H,30,34)(H,31,32,33);/t22?,24-;/m0./s1. The second-order valence-corrected chi connectivity index (χ2v) is 9.65. The van der Waals surface area contributed by atoms with Crippen LogP contribution in [0.15, 0.2) is 72.0 Å². The first-order valence-electron chi connectivity index (χ1n) is 12.2. The van der Waals surface area contributed by atoms with E-state index >= 15 is 0 Å². The van der Waals surface area contributed by atoms with Gasteiger partial charge in [-0.05, 0) is 60.5 Å². The van der Waals surface area contributed by atoms with Gasteiger partial charge in [0.1, 0.15) is 5.82 Å². The van der Waals surface area contributed by atoms with Gasteiger partial charge in [-0.1, -0.05) is 44.2 Å². The van der Waals surface area contributed by atoms with E-state index in [1.54, 1.807) is 24.5 Å². The number of benzene rings is 2. The maximum absolute atomic E-state index is 14.5. The van der Waals surface area contributed by atoms with Crippen LogP contribution in [0.5, 0.6) is 0 Å². The third-order valence-electron chi connectivity index (χ3n) is 6.50. The molecular formula is C27H33FN6O2S. The Labute approximate surface area is 220 Å². The van der Waals surface area contributed by atoms with Gasteiger partial charge in [-0.3, -0.25) is 4.99 Å². The number of amidine groups is 1. The molecule has 0 saturated carbocycles. The Morgan fingerprint density at radius 3 is 2.41 bits per heavy atom. The minimum atomic E-state index is -0.750. The molecule has 4 rings (SSSR count). The molecule has 2 heterocycles. The normalized spacial score (nSPS) is 17.3. The van der Waals surface area contributed by atoms with E-state index in [0.29, 0.717) is 30.4 Å². The molecule has 1 unspecified atom stereocenters. The number of aromatic nitrogens is 2. The summed E-state index contributed by atoms with van der Waals surface area (Å²) in [6.07, 6.45) is 5.81. The molecule has 0 fully saturated rings. The van der Waals surface area contributed by atoms with Crippen molar-refractivity contribution in [3.05, 3.63) is 83.9 Å². The molecule has 10 heteroatoms. The lowest BCUT2D eigenvalue weighted by molar-refractivity contribution is 0.290. The maximum Gasteiger partial charge on any atom is 0.335 e. The molecule has 1 aromatic heterocycles. The summed E-state index contributed by atoms with van der Waals surface area (Å²) in [4.78, 5) is 13.3. The fourth-order valence-electron chi connectivity index (χ4n) is 4.77. The lowest BCUT2D eigenvalue weighted by atomic mass is 9.71. The van der Waals surface area contributed by atoms with Gasteiger partial charge in [0.2, 0.25) is 5.95 Å². The van der Waals surface area contributed by atoms with Gasteiger partial charge in [0.05, 0.1) is 11.9 Å². The van der Waals surface area contributed by atoms with Crippen LogP contribution in [0, 0.1) is 11.2 Å². The Kier molecular flexibility index (Phi) is 10.4. The maximum atomic E-state index is 14.5. The molecule has 1 aliphatic heterocycles. The number of nitrogens with two attached hydrogens (primary N) is 1. The number of nitrogens with zero attached hydrogens (tertiary/aromatic N) is 3. The Bertz CT molecular complexity index is 1200. The second-order valence-electron chi connectivity index (χ2n) is 9.52. The average Bonchev–Trinajstić information content (AvgIpc) is 3.03. The molecule has 37 heavy (non-hydrogen) atoms. The highest BCUT2D eigenvalue weighted by Gasteiger charge is 2.34. The van der Waals surface area contributed by atoms with E-state index in [4.69, 9.17) is 19.1 Å². The molecule has 196 valence electrons. The number of nitrogens with one attached hydrogen (secondary N) is 2. The molecule has 0 spiro atoms. The summed E-state index contributed by atoms with van der Waals surface area (Å²) in [6, 6.07) is 17.0. The minimum absolute atomic E-state index is 0.0255. The van der Waals surface area contributed by atoms with Crippen molar-refractivity contribution in [2.45, 2.75) is 45.1 Å². The number of rotatable bonds is 7. The third-order valence-corrected chi connectivity index (χ3v) is 6.50. The van der Waals surface area contributed by atoms with E-state index in [2.05, 4.69) is 58.7 Å². The fourth-order valence-corrected chi connectivity index (χ4v) is 4.77. The zero-order chi connectivity index (χ0) is 26.7. The van der Waals surface area contributed by atoms with Gasteiger partial charge in [-0.25, -0.2) is 14.4 Å². The van der Waals surface area contributed by atoms with Crippen LogP contribution in [0.1, 0.15) is 56.2 Å². The number of hydrogen-bond acceptors (Lipinski definition) is 8. The van der Waals surface area contributed by atoms with Crippen molar-refractivity contribution in [1.82, 2.24) is 15.3 Å². The van der Waals surface area contributed by atoms with Gasteiger partial charge >= 0.3 is 11.6 Å². The van der Waals surface area contributed by atoms with Crippen LogP contribution in [-0.2, 0) is 11.6 Å². The number of aliphatic imine (C=N–C) groups is 1. The van der Waals surface area contributed by atoms with Gasteiger partial charge in [0.15, 0.2) is 0 Å². The Balaban J connectivity index is 0.00000121. The first-order chi connectivity index (χ1) is 17.9. The lowest BCUT2D eigenvalue weighted by Crippen LogP contribution is -2.34. The number of hydrogen-bond donors (Lipinski definition) is 3. The van der Waals surface area contributed by atoms with Crippen LogP contribution >= 0.6 is 0 Å². The SMILES string of the molecule is CC1(C)CC(N[C@@H](CCN)c2ccccc2F)=NCCC1c1ccc(Nc2ncccn2)cc1.O=S=O. The predicted octanol–water partition coefficient (Wildman–Crippen LogP) is 4.67. The van der Waals surface area contributed by atoms with Gasteiger partial charge < -0.3 is 16.4 Å². The van der Waals surface area contributed by atoms with Crippen molar-refractivity contribution in [2.24, 2.45) is 16.1 Å². The largest absolute Gasteiger partial charge is 0.367 e. The van der Waals surface area contributed by atoms with E-state index in [9.17, 15) is 4.39 Å². The summed E-state index contributed by atoms with van der Waals surface area (Å²) < 4.78 is 31.1. The lowest BCUT2D eigenvalue weighted by Gasteiger charge is -2.34. The molecule has 0 radical (unpaired) electrons. The first-order valence-corrected chi connectivity index (χ1v) is 12.8. The Morgan fingerprint density at radius 1 is 1.08 bits per heavy atom. The van der Waals surface area contributed by atoms with Crippen molar-refractivity contribution in [2.75, 3.05) is 18.4 Å². The van der Waals surface area contributed by atoms with E-state index in [1.807, 2.05) is 12.1 Å². The summed E-state index contributed by atoms with van der Waals surface area (Å²) in [5.41, 5.74) is 8.70. The summed E-state index contributed by atoms with van der Waals surface area (Å²) in [5.74, 6) is 1.64. The molecule has 2 aromatic carbocycles. The summed E-state index contributed by atoms with van der Waals surface area (Å²) in [7, 11) is 0. The van der Waals surface area contributed by atoms with Crippen molar-refractivity contribution >= 4 is 29.0 Å². The molecule has 2 atom stereocenters. The highest BCUT2D eigenvalue weighted by atomic mass is 32.1. The van der Waals surface area contributed by atoms with Crippen molar-refractivity contribution in [3.63, 3.8) is 0 Å². The van der Waals surface area contributed by atoms with Crippen molar-refractivity contribution in [1.29, 1.82) is 0 Å². The van der Waals surface area contributed by atoms with Gasteiger partial charge in [-0.2, -0.15) is 8.42 Å². The smallest absolute Gasteiger partial charge is 0.335 e. The summed E-state index contributed by atoms with van der Waals surface area (Å²) >= 11 is -0.750. The van der Waals surface area contributed by atoms with Gasteiger partial charge in [-0.15, -0.1) is 0 Å². The molecular weight excluding hydrogens is 491 g/mol. The first kappa shape index (κ1) is 28.1. The molecule has 3 aromatic rings. The van der Waals surface area contributed by atoms with Crippen LogP contribution in [-0.4, -0.2) is 37.3 Å². The van der Waals surface area contributed by atoms with Crippen LogP contribution < -0.4 is 16.4 Å². The minimum Gasteiger partial charge on any atom is -0.367 e. The van der Waals surface area contributed by atoms with Crippen molar-refractivity contribution in [3.8, 4) is 0 Å². The molecule has 1 aliphatic rings. The molecule has 0 bridgehead atoms. The van der Waals surface area contributed by atoms with Crippen LogP contribution in [0.3, 0.4) is 0 Å². The van der Waals surface area contributed by atoms with Gasteiger partial charge in [0, 0.05) is 36.6 Å². The van der Waals surface area contributed by atoms with Crippen LogP contribution in [0.4, 0.5) is 16.0 Å². The Hall–Kier alpha value is -3.50. The zero-order valence-electron chi connectivity index (χ0n) is 21.1.